The van der Waals surface area contributed by atoms with Crippen LogP contribution in [-0.4, -0.2) is 4.57 Å². The maximum absolute atomic E-state index is 11.9. The van der Waals surface area contributed by atoms with E-state index in [0.717, 1.165) is 16.8 Å². The fourth-order valence-electron chi connectivity index (χ4n) is 2.35. The molecule has 3 aromatic rings. The Bertz CT molecular complexity index is 901. The molecule has 0 aliphatic carbocycles. The quantitative estimate of drug-likeness (QED) is 0.674. The molecule has 0 saturated carbocycles. The molecule has 1 heterocycles. The minimum atomic E-state index is -0.0111. The first-order valence-electron chi connectivity index (χ1n) is 6.32. The van der Waals surface area contributed by atoms with Crippen LogP contribution in [0.4, 0.5) is 0 Å². The molecule has 2 aromatic carbocycles. The smallest absolute Gasteiger partial charge is 0.189 e. The van der Waals surface area contributed by atoms with E-state index in [-0.39, 0.29) is 5.43 Å². The van der Waals surface area contributed by atoms with Gasteiger partial charge >= 0.3 is 0 Å². The van der Waals surface area contributed by atoms with Crippen molar-refractivity contribution in [2.75, 3.05) is 0 Å². The molecule has 96 valence electrons. The molecule has 0 radical (unpaired) electrons. The summed E-state index contributed by atoms with van der Waals surface area (Å²) in [5, 5.41) is 9.93. The van der Waals surface area contributed by atoms with Gasteiger partial charge in [-0.25, -0.2) is 0 Å². The van der Waals surface area contributed by atoms with Crippen LogP contribution in [-0.2, 0) is 0 Å². The highest BCUT2D eigenvalue weighted by molar-refractivity contribution is 5.81. The summed E-state index contributed by atoms with van der Waals surface area (Å²) in [6.45, 7) is 1.98. The molecule has 0 N–H and O–H groups in total. The number of nitrogens with zero attached hydrogens (tertiary/aromatic N) is 2. The van der Waals surface area contributed by atoms with Gasteiger partial charge in [0.05, 0.1) is 16.8 Å². The zero-order valence-corrected chi connectivity index (χ0v) is 11.0. The zero-order valence-electron chi connectivity index (χ0n) is 11.0. The fraction of sp³-hybridized carbons (Fsp3) is 0.0588. The highest BCUT2D eigenvalue weighted by Gasteiger charge is 2.08. The molecule has 0 atom stereocenters. The van der Waals surface area contributed by atoms with Crippen molar-refractivity contribution >= 4 is 10.9 Å². The predicted octanol–water partition coefficient (Wildman–Crippen LogP) is 3.17. The fourth-order valence-corrected chi connectivity index (χ4v) is 2.35. The summed E-state index contributed by atoms with van der Waals surface area (Å²) in [7, 11) is 0. The number of hydrogen-bond acceptors (Lipinski definition) is 2. The van der Waals surface area contributed by atoms with Crippen molar-refractivity contribution in [3.8, 4) is 11.8 Å². The first-order valence-corrected chi connectivity index (χ1v) is 6.32. The lowest BCUT2D eigenvalue weighted by molar-refractivity contribution is 1.09. The standard InChI is InChI=1S/C17H12N2O/c1-12-6-7-13(11-18)16(10-12)19-9-8-17(20)14-4-2-3-5-15(14)19/h2-10H,1H3. The molecule has 3 heteroatoms. The first kappa shape index (κ1) is 12.2. The van der Waals surface area contributed by atoms with Gasteiger partial charge in [-0.3, -0.25) is 4.79 Å². The van der Waals surface area contributed by atoms with Gasteiger partial charge in [0.25, 0.3) is 0 Å². The van der Waals surface area contributed by atoms with E-state index in [4.69, 9.17) is 0 Å². The van der Waals surface area contributed by atoms with Crippen LogP contribution in [0.2, 0.25) is 0 Å². The van der Waals surface area contributed by atoms with Gasteiger partial charge in [-0.1, -0.05) is 18.2 Å². The summed E-state index contributed by atoms with van der Waals surface area (Å²) in [4.78, 5) is 11.9. The van der Waals surface area contributed by atoms with Crippen LogP contribution in [0.5, 0.6) is 0 Å². The van der Waals surface area contributed by atoms with Crippen LogP contribution < -0.4 is 5.43 Å². The van der Waals surface area contributed by atoms with Crippen LogP contribution in [0.1, 0.15) is 11.1 Å². The molecular weight excluding hydrogens is 248 g/mol. The molecule has 0 unspecified atom stereocenters. The van der Waals surface area contributed by atoms with Gasteiger partial charge in [0.2, 0.25) is 0 Å². The van der Waals surface area contributed by atoms with Gasteiger partial charge in [0, 0.05) is 17.6 Å². The maximum atomic E-state index is 11.9. The Labute approximate surface area is 116 Å². The Balaban J connectivity index is 2.43. The van der Waals surface area contributed by atoms with Gasteiger partial charge in [-0.15, -0.1) is 0 Å². The molecule has 20 heavy (non-hydrogen) atoms. The number of hydrogen-bond donors (Lipinski definition) is 0. The second-order valence-corrected chi connectivity index (χ2v) is 4.70. The Morgan fingerprint density at radius 3 is 2.70 bits per heavy atom. The number of rotatable bonds is 1. The second-order valence-electron chi connectivity index (χ2n) is 4.70. The highest BCUT2D eigenvalue weighted by atomic mass is 16.1. The predicted molar refractivity (Wildman–Crippen MR) is 79.0 cm³/mol. The van der Waals surface area contributed by atoms with E-state index in [9.17, 15) is 10.1 Å². The number of benzene rings is 2. The molecule has 0 amide bonds. The second kappa shape index (κ2) is 4.67. The summed E-state index contributed by atoms with van der Waals surface area (Å²) in [6, 6.07) is 16.8. The molecule has 0 fully saturated rings. The van der Waals surface area contributed by atoms with Gasteiger partial charge in [-0.05, 0) is 36.8 Å². The average Bonchev–Trinajstić information content (AvgIpc) is 2.48. The van der Waals surface area contributed by atoms with E-state index >= 15 is 0 Å². The van der Waals surface area contributed by atoms with Crippen LogP contribution >= 0.6 is 0 Å². The van der Waals surface area contributed by atoms with Crippen LogP contribution in [0.25, 0.3) is 16.6 Å². The first-order chi connectivity index (χ1) is 9.70. The van der Waals surface area contributed by atoms with Crippen LogP contribution in [0, 0.1) is 18.3 Å². The third-order valence-electron chi connectivity index (χ3n) is 3.34. The molecule has 3 nitrogen and oxygen atoms in total. The number of aromatic nitrogens is 1. The number of para-hydroxylation sites is 1. The maximum Gasteiger partial charge on any atom is 0.189 e. The van der Waals surface area contributed by atoms with Crippen molar-refractivity contribution in [2.45, 2.75) is 6.92 Å². The van der Waals surface area contributed by atoms with Crippen LogP contribution in [0.15, 0.2) is 59.5 Å². The molecule has 0 saturated heterocycles. The van der Waals surface area contributed by atoms with E-state index in [1.807, 2.05) is 41.8 Å². The highest BCUT2D eigenvalue weighted by Crippen LogP contribution is 2.20. The van der Waals surface area contributed by atoms with E-state index in [0.29, 0.717) is 10.9 Å². The van der Waals surface area contributed by atoms with E-state index in [1.165, 1.54) is 6.07 Å². The lowest BCUT2D eigenvalue weighted by atomic mass is 10.1. The number of aryl methyl sites for hydroxylation is 1. The summed E-state index contributed by atoms with van der Waals surface area (Å²) < 4.78 is 1.89. The van der Waals surface area contributed by atoms with E-state index in [2.05, 4.69) is 6.07 Å². The number of nitriles is 1. The average molecular weight is 260 g/mol. The molecule has 0 spiro atoms. The van der Waals surface area contributed by atoms with Crippen molar-refractivity contribution in [2.24, 2.45) is 0 Å². The summed E-state index contributed by atoms with van der Waals surface area (Å²) in [6.07, 6.45) is 1.72. The van der Waals surface area contributed by atoms with Crippen LogP contribution in [0.3, 0.4) is 0 Å². The molecule has 0 aliphatic rings. The Morgan fingerprint density at radius 2 is 1.90 bits per heavy atom. The molecule has 1 aromatic heterocycles. The minimum Gasteiger partial charge on any atom is -0.315 e. The summed E-state index contributed by atoms with van der Waals surface area (Å²) in [5.41, 5.74) is 3.25. The number of fused-ring (bicyclic) bond motifs is 1. The van der Waals surface area contributed by atoms with Crippen molar-refractivity contribution in [1.82, 2.24) is 4.57 Å². The SMILES string of the molecule is Cc1ccc(C#N)c(-n2ccc(=O)c3ccccc32)c1. The van der Waals surface area contributed by atoms with E-state index < -0.39 is 0 Å². The van der Waals surface area contributed by atoms with Gasteiger partial charge in [0.1, 0.15) is 6.07 Å². The monoisotopic (exact) mass is 260 g/mol. The van der Waals surface area contributed by atoms with E-state index in [1.54, 1.807) is 18.3 Å². The van der Waals surface area contributed by atoms with Crippen molar-refractivity contribution in [3.63, 3.8) is 0 Å². The van der Waals surface area contributed by atoms with Crippen molar-refractivity contribution in [3.05, 3.63) is 76.1 Å². The molecule has 0 aliphatic heterocycles. The van der Waals surface area contributed by atoms with Gasteiger partial charge in [0.15, 0.2) is 5.43 Å². The number of pyridine rings is 1. The minimum absolute atomic E-state index is 0.0111. The molecular formula is C17H12N2O. The Kier molecular flexibility index (Phi) is 2.85. The van der Waals surface area contributed by atoms with Gasteiger partial charge in [-0.2, -0.15) is 5.26 Å². The topological polar surface area (TPSA) is 45.8 Å². The Morgan fingerprint density at radius 1 is 1.10 bits per heavy atom. The lowest BCUT2D eigenvalue weighted by Gasteiger charge is -2.12. The third kappa shape index (κ3) is 1.88. The van der Waals surface area contributed by atoms with Gasteiger partial charge < -0.3 is 4.57 Å². The van der Waals surface area contributed by atoms with Crippen molar-refractivity contribution in [1.29, 1.82) is 5.26 Å². The normalized spacial score (nSPS) is 10.4. The lowest BCUT2D eigenvalue weighted by Crippen LogP contribution is -2.07. The molecule has 3 rings (SSSR count). The third-order valence-corrected chi connectivity index (χ3v) is 3.34. The largest absolute Gasteiger partial charge is 0.315 e. The zero-order chi connectivity index (χ0) is 14.1. The molecule has 0 bridgehead atoms. The summed E-state index contributed by atoms with van der Waals surface area (Å²) in [5.74, 6) is 0. The summed E-state index contributed by atoms with van der Waals surface area (Å²) >= 11 is 0. The Hall–Kier alpha value is -2.86. The van der Waals surface area contributed by atoms with Crippen molar-refractivity contribution < 1.29 is 0 Å².